The molecule has 1 saturated heterocycles. The SMILES string of the molecule is CCOC1CC(NC(=O)C2CCCOC2)(C(=O)O)C1(C)C. The van der Waals surface area contributed by atoms with Crippen LogP contribution in [-0.2, 0) is 19.1 Å². The Labute approximate surface area is 125 Å². The molecule has 1 heterocycles. The van der Waals surface area contributed by atoms with E-state index in [1.165, 1.54) is 0 Å². The van der Waals surface area contributed by atoms with Crippen molar-refractivity contribution in [2.75, 3.05) is 19.8 Å². The third-order valence-electron chi connectivity index (χ3n) is 5.00. The number of ether oxygens (including phenoxy) is 2. The van der Waals surface area contributed by atoms with Gasteiger partial charge in [-0.25, -0.2) is 4.79 Å². The van der Waals surface area contributed by atoms with Crippen LogP contribution in [0.3, 0.4) is 0 Å². The fourth-order valence-electron chi connectivity index (χ4n) is 3.30. The van der Waals surface area contributed by atoms with E-state index in [2.05, 4.69) is 5.32 Å². The van der Waals surface area contributed by atoms with Gasteiger partial charge >= 0.3 is 5.97 Å². The molecule has 0 spiro atoms. The van der Waals surface area contributed by atoms with Crippen molar-refractivity contribution in [3.8, 4) is 0 Å². The van der Waals surface area contributed by atoms with Gasteiger partial charge in [0.05, 0.1) is 18.6 Å². The number of carboxylic acids is 1. The molecule has 2 rings (SSSR count). The summed E-state index contributed by atoms with van der Waals surface area (Å²) in [5.41, 5.74) is -1.89. The van der Waals surface area contributed by atoms with Crippen LogP contribution in [0, 0.1) is 11.3 Å². The summed E-state index contributed by atoms with van der Waals surface area (Å²) in [6.07, 6.45) is 1.74. The topological polar surface area (TPSA) is 84.9 Å². The van der Waals surface area contributed by atoms with Gasteiger partial charge in [0.2, 0.25) is 5.91 Å². The van der Waals surface area contributed by atoms with Gasteiger partial charge in [0, 0.05) is 25.0 Å². The Balaban J connectivity index is 2.10. The maximum Gasteiger partial charge on any atom is 0.330 e. The maximum atomic E-state index is 12.4. The van der Waals surface area contributed by atoms with Crippen LogP contribution in [0.15, 0.2) is 0 Å². The first-order chi connectivity index (χ1) is 9.85. The molecule has 2 N–H and O–H groups in total. The number of rotatable bonds is 5. The number of nitrogens with one attached hydrogen (secondary N) is 1. The summed E-state index contributed by atoms with van der Waals surface area (Å²) < 4.78 is 10.9. The molecule has 1 amide bonds. The molecule has 0 radical (unpaired) electrons. The Morgan fingerprint density at radius 1 is 1.43 bits per heavy atom. The Bertz CT molecular complexity index is 416. The summed E-state index contributed by atoms with van der Waals surface area (Å²) >= 11 is 0. The minimum Gasteiger partial charge on any atom is -0.479 e. The van der Waals surface area contributed by atoms with Crippen molar-refractivity contribution in [3.05, 3.63) is 0 Å². The Hall–Kier alpha value is -1.14. The Morgan fingerprint density at radius 2 is 2.14 bits per heavy atom. The molecule has 2 aliphatic rings. The number of amides is 1. The average molecular weight is 299 g/mol. The summed E-state index contributed by atoms with van der Waals surface area (Å²) in [6, 6.07) is 0. The molecule has 0 aromatic carbocycles. The molecular formula is C15H25NO5. The van der Waals surface area contributed by atoms with Gasteiger partial charge in [0.15, 0.2) is 0 Å². The number of carbonyl (C=O) groups is 2. The van der Waals surface area contributed by atoms with Crippen molar-refractivity contribution in [1.29, 1.82) is 0 Å². The third kappa shape index (κ3) is 2.66. The van der Waals surface area contributed by atoms with E-state index in [0.717, 1.165) is 12.8 Å². The standard InChI is InChI=1S/C15H25NO5/c1-4-21-11-8-15(13(18)19,14(11,2)3)16-12(17)10-6-5-7-20-9-10/h10-11H,4-9H2,1-3H3,(H,16,17)(H,18,19). The van der Waals surface area contributed by atoms with E-state index < -0.39 is 16.9 Å². The zero-order valence-electron chi connectivity index (χ0n) is 13.0. The molecule has 1 aliphatic heterocycles. The summed E-state index contributed by atoms with van der Waals surface area (Å²) in [7, 11) is 0. The minimum absolute atomic E-state index is 0.151. The molecule has 0 aromatic heterocycles. The molecule has 0 aromatic rings. The van der Waals surface area contributed by atoms with E-state index in [1.807, 2.05) is 20.8 Å². The van der Waals surface area contributed by atoms with Crippen LogP contribution in [0.1, 0.15) is 40.0 Å². The van der Waals surface area contributed by atoms with Gasteiger partial charge in [-0.1, -0.05) is 13.8 Å². The lowest BCUT2D eigenvalue weighted by Crippen LogP contribution is -2.76. The largest absolute Gasteiger partial charge is 0.479 e. The molecule has 2 fully saturated rings. The second kappa shape index (κ2) is 5.93. The highest BCUT2D eigenvalue weighted by atomic mass is 16.5. The summed E-state index contributed by atoms with van der Waals surface area (Å²) in [6.45, 7) is 7.14. The van der Waals surface area contributed by atoms with Crippen LogP contribution >= 0.6 is 0 Å². The first-order valence-corrected chi connectivity index (χ1v) is 7.60. The van der Waals surface area contributed by atoms with E-state index >= 15 is 0 Å². The predicted octanol–water partition coefficient (Wildman–Crippen LogP) is 1.19. The molecule has 6 nitrogen and oxygen atoms in total. The second-order valence-corrected chi connectivity index (χ2v) is 6.48. The highest BCUT2D eigenvalue weighted by Gasteiger charge is 2.66. The summed E-state index contributed by atoms with van der Waals surface area (Å²) in [5, 5.41) is 12.4. The fourth-order valence-corrected chi connectivity index (χ4v) is 3.30. The average Bonchev–Trinajstić information content (AvgIpc) is 2.46. The molecule has 1 saturated carbocycles. The van der Waals surface area contributed by atoms with Crippen LogP contribution < -0.4 is 5.32 Å². The van der Waals surface area contributed by atoms with E-state index in [9.17, 15) is 14.7 Å². The molecule has 21 heavy (non-hydrogen) atoms. The van der Waals surface area contributed by atoms with Gasteiger partial charge in [-0.05, 0) is 19.8 Å². The Morgan fingerprint density at radius 3 is 2.62 bits per heavy atom. The van der Waals surface area contributed by atoms with E-state index in [4.69, 9.17) is 9.47 Å². The van der Waals surface area contributed by atoms with Crippen molar-refractivity contribution >= 4 is 11.9 Å². The maximum absolute atomic E-state index is 12.4. The molecule has 1 aliphatic carbocycles. The number of aliphatic carboxylic acids is 1. The highest BCUT2D eigenvalue weighted by molar-refractivity contribution is 5.90. The van der Waals surface area contributed by atoms with Crippen molar-refractivity contribution in [2.45, 2.75) is 51.7 Å². The minimum atomic E-state index is -1.25. The lowest BCUT2D eigenvalue weighted by atomic mass is 9.54. The van der Waals surface area contributed by atoms with E-state index in [0.29, 0.717) is 26.2 Å². The van der Waals surface area contributed by atoms with Gasteiger partial charge in [0.1, 0.15) is 5.54 Å². The molecule has 3 atom stereocenters. The van der Waals surface area contributed by atoms with E-state index in [-0.39, 0.29) is 17.9 Å². The van der Waals surface area contributed by atoms with Crippen molar-refractivity contribution in [3.63, 3.8) is 0 Å². The van der Waals surface area contributed by atoms with Crippen LogP contribution in [-0.4, -0.2) is 48.4 Å². The van der Waals surface area contributed by atoms with Crippen molar-refractivity contribution in [2.24, 2.45) is 11.3 Å². The summed E-state index contributed by atoms with van der Waals surface area (Å²) in [5.74, 6) is -1.47. The molecule has 0 bridgehead atoms. The Kier molecular flexibility index (Phi) is 4.58. The number of carbonyl (C=O) groups excluding carboxylic acids is 1. The number of hydrogen-bond donors (Lipinski definition) is 2. The lowest BCUT2D eigenvalue weighted by molar-refractivity contribution is -0.195. The molecule has 3 unspecified atom stereocenters. The van der Waals surface area contributed by atoms with Crippen molar-refractivity contribution in [1.82, 2.24) is 5.32 Å². The number of hydrogen-bond acceptors (Lipinski definition) is 4. The normalized spacial score (nSPS) is 34.8. The molecule has 6 heteroatoms. The third-order valence-corrected chi connectivity index (χ3v) is 5.00. The molecule has 120 valence electrons. The van der Waals surface area contributed by atoms with Gasteiger partial charge in [-0.15, -0.1) is 0 Å². The van der Waals surface area contributed by atoms with Crippen LogP contribution in [0.4, 0.5) is 0 Å². The fraction of sp³-hybridized carbons (Fsp3) is 0.867. The zero-order chi connectivity index (χ0) is 15.7. The number of carboxylic acid groups (broad SMARTS) is 1. The van der Waals surface area contributed by atoms with Crippen molar-refractivity contribution < 1.29 is 24.2 Å². The predicted molar refractivity (Wildman–Crippen MR) is 75.9 cm³/mol. The first kappa shape index (κ1) is 16.2. The lowest BCUT2D eigenvalue weighted by Gasteiger charge is -2.58. The highest BCUT2D eigenvalue weighted by Crippen LogP contribution is 2.51. The zero-order valence-corrected chi connectivity index (χ0v) is 13.0. The first-order valence-electron chi connectivity index (χ1n) is 7.60. The van der Waals surface area contributed by atoms with Crippen LogP contribution in [0.2, 0.25) is 0 Å². The monoisotopic (exact) mass is 299 g/mol. The van der Waals surface area contributed by atoms with Gasteiger partial charge < -0.3 is 19.9 Å². The van der Waals surface area contributed by atoms with Gasteiger partial charge in [0.25, 0.3) is 0 Å². The smallest absolute Gasteiger partial charge is 0.330 e. The van der Waals surface area contributed by atoms with Crippen LogP contribution in [0.25, 0.3) is 0 Å². The summed E-state index contributed by atoms with van der Waals surface area (Å²) in [4.78, 5) is 24.2. The van der Waals surface area contributed by atoms with Crippen LogP contribution in [0.5, 0.6) is 0 Å². The van der Waals surface area contributed by atoms with Gasteiger partial charge in [-0.3, -0.25) is 4.79 Å². The van der Waals surface area contributed by atoms with E-state index in [1.54, 1.807) is 0 Å². The second-order valence-electron chi connectivity index (χ2n) is 6.48. The quantitative estimate of drug-likeness (QED) is 0.796. The molecular weight excluding hydrogens is 274 g/mol. The van der Waals surface area contributed by atoms with Gasteiger partial charge in [-0.2, -0.15) is 0 Å².